The highest BCUT2D eigenvalue weighted by Crippen LogP contribution is 2.20. The van der Waals surface area contributed by atoms with E-state index in [1.54, 1.807) is 0 Å². The van der Waals surface area contributed by atoms with Gasteiger partial charge in [-0.2, -0.15) is 0 Å². The van der Waals surface area contributed by atoms with Gasteiger partial charge >= 0.3 is 0 Å². The molecule has 0 aromatic heterocycles. The predicted octanol–water partition coefficient (Wildman–Crippen LogP) is 3.19. The number of nitrogens with zero attached hydrogens (tertiary/aromatic N) is 2. The van der Waals surface area contributed by atoms with Crippen LogP contribution in [0.2, 0.25) is 0 Å². The van der Waals surface area contributed by atoms with Crippen LogP contribution in [0.25, 0.3) is 0 Å². The number of anilines is 1. The molecule has 19 heavy (non-hydrogen) atoms. The van der Waals surface area contributed by atoms with Crippen molar-refractivity contribution in [1.29, 1.82) is 0 Å². The molecular weight excluding hydrogens is 238 g/mol. The summed E-state index contributed by atoms with van der Waals surface area (Å²) in [5.41, 5.74) is 7.51. The smallest absolute Gasteiger partial charge is 0.170 e. The van der Waals surface area contributed by atoms with Crippen LogP contribution in [0.4, 0.5) is 5.69 Å². The lowest BCUT2D eigenvalue weighted by atomic mass is 10.1. The Hall–Kier alpha value is -1.71. The first-order valence-corrected chi connectivity index (χ1v) is 6.98. The highest BCUT2D eigenvalue weighted by molar-refractivity contribution is 5.97. The van der Waals surface area contributed by atoms with E-state index >= 15 is 0 Å². The van der Waals surface area contributed by atoms with Gasteiger partial charge in [0, 0.05) is 23.8 Å². The lowest BCUT2D eigenvalue weighted by Crippen LogP contribution is -2.33. The number of oxime groups is 1. The van der Waals surface area contributed by atoms with Crippen molar-refractivity contribution in [2.24, 2.45) is 10.9 Å². The Balaban J connectivity index is 2.90. The van der Waals surface area contributed by atoms with Crippen molar-refractivity contribution in [3.8, 4) is 0 Å². The molecule has 1 rings (SSSR count). The maximum atomic E-state index is 8.66. The molecule has 0 fully saturated rings. The summed E-state index contributed by atoms with van der Waals surface area (Å²) in [6, 6.07) is 8.38. The van der Waals surface area contributed by atoms with Gasteiger partial charge in [0.1, 0.15) is 0 Å². The van der Waals surface area contributed by atoms with E-state index in [2.05, 4.69) is 30.8 Å². The topological polar surface area (TPSA) is 61.8 Å². The van der Waals surface area contributed by atoms with Crippen LogP contribution in [0.1, 0.15) is 45.6 Å². The molecule has 0 aliphatic carbocycles. The summed E-state index contributed by atoms with van der Waals surface area (Å²) in [5.74, 6) is 0.148. The van der Waals surface area contributed by atoms with Gasteiger partial charge in [-0.1, -0.05) is 25.4 Å². The third-order valence-electron chi connectivity index (χ3n) is 3.48. The highest BCUT2D eigenvalue weighted by Gasteiger charge is 2.12. The van der Waals surface area contributed by atoms with E-state index in [0.717, 1.165) is 18.5 Å². The van der Waals surface area contributed by atoms with E-state index in [1.807, 2.05) is 24.3 Å². The molecule has 0 radical (unpaired) electrons. The Morgan fingerprint density at radius 3 is 2.42 bits per heavy atom. The molecule has 1 atom stereocenters. The van der Waals surface area contributed by atoms with Crippen molar-refractivity contribution in [3.05, 3.63) is 29.8 Å². The van der Waals surface area contributed by atoms with Crippen LogP contribution in [0.15, 0.2) is 29.4 Å². The minimum absolute atomic E-state index is 0.148. The maximum Gasteiger partial charge on any atom is 0.170 e. The van der Waals surface area contributed by atoms with Crippen LogP contribution in [-0.2, 0) is 0 Å². The molecule has 0 amide bonds. The van der Waals surface area contributed by atoms with Gasteiger partial charge in [0.15, 0.2) is 5.84 Å². The van der Waals surface area contributed by atoms with E-state index in [0.29, 0.717) is 6.04 Å². The number of benzene rings is 1. The Bertz CT molecular complexity index is 400. The Morgan fingerprint density at radius 1 is 1.32 bits per heavy atom. The van der Waals surface area contributed by atoms with E-state index < -0.39 is 0 Å². The first-order valence-electron chi connectivity index (χ1n) is 6.98. The number of rotatable bonds is 7. The summed E-state index contributed by atoms with van der Waals surface area (Å²) in [6.45, 7) is 7.71. The number of amidine groups is 1. The van der Waals surface area contributed by atoms with Crippen LogP contribution in [0.3, 0.4) is 0 Å². The first-order chi connectivity index (χ1) is 9.13. The molecule has 0 aliphatic rings. The van der Waals surface area contributed by atoms with Crippen molar-refractivity contribution in [3.63, 3.8) is 0 Å². The second kappa shape index (κ2) is 7.67. The summed E-state index contributed by atoms with van der Waals surface area (Å²) in [4.78, 5) is 2.42. The standard InChI is InChI=1S/C15H25N3O/c1-4-6-11-18(12(3)5-2)14-9-7-13(8-10-14)15(16)17-19/h7-10,12,19H,4-6,11H2,1-3H3,(H2,16,17). The molecule has 0 saturated carbocycles. The van der Waals surface area contributed by atoms with Gasteiger partial charge in [-0.3, -0.25) is 0 Å². The quantitative estimate of drug-likeness (QED) is 0.344. The Morgan fingerprint density at radius 2 is 1.95 bits per heavy atom. The first kappa shape index (κ1) is 15.3. The van der Waals surface area contributed by atoms with Crippen LogP contribution in [-0.4, -0.2) is 23.6 Å². The molecule has 4 nitrogen and oxygen atoms in total. The number of nitrogens with two attached hydrogens (primary N) is 1. The van der Waals surface area contributed by atoms with E-state index in [4.69, 9.17) is 10.9 Å². The van der Waals surface area contributed by atoms with Crippen LogP contribution < -0.4 is 10.6 Å². The normalized spacial score (nSPS) is 13.3. The minimum Gasteiger partial charge on any atom is -0.409 e. The zero-order valence-electron chi connectivity index (χ0n) is 12.1. The monoisotopic (exact) mass is 263 g/mol. The minimum atomic E-state index is 0.148. The maximum absolute atomic E-state index is 8.66. The third-order valence-corrected chi connectivity index (χ3v) is 3.48. The largest absolute Gasteiger partial charge is 0.409 e. The molecule has 0 aliphatic heterocycles. The van der Waals surface area contributed by atoms with Crippen molar-refractivity contribution < 1.29 is 5.21 Å². The molecule has 0 spiro atoms. The van der Waals surface area contributed by atoms with Crippen LogP contribution in [0, 0.1) is 0 Å². The van der Waals surface area contributed by atoms with Gasteiger partial charge in [0.25, 0.3) is 0 Å². The van der Waals surface area contributed by atoms with Gasteiger partial charge in [-0.15, -0.1) is 0 Å². The lowest BCUT2D eigenvalue weighted by molar-refractivity contribution is 0.318. The molecule has 4 heteroatoms. The number of hydrogen-bond donors (Lipinski definition) is 2. The fraction of sp³-hybridized carbons (Fsp3) is 0.533. The lowest BCUT2D eigenvalue weighted by Gasteiger charge is -2.31. The van der Waals surface area contributed by atoms with Gasteiger partial charge in [0.05, 0.1) is 0 Å². The zero-order chi connectivity index (χ0) is 14.3. The average molecular weight is 263 g/mol. The molecule has 1 aromatic rings. The fourth-order valence-electron chi connectivity index (χ4n) is 2.03. The predicted molar refractivity (Wildman–Crippen MR) is 81.0 cm³/mol. The van der Waals surface area contributed by atoms with Gasteiger partial charge in [0.2, 0.25) is 0 Å². The summed E-state index contributed by atoms with van der Waals surface area (Å²) < 4.78 is 0. The molecule has 3 N–H and O–H groups in total. The molecule has 1 unspecified atom stereocenters. The summed E-state index contributed by atoms with van der Waals surface area (Å²) in [6.07, 6.45) is 3.49. The van der Waals surface area contributed by atoms with E-state index in [9.17, 15) is 0 Å². The molecule has 106 valence electrons. The van der Waals surface area contributed by atoms with Crippen molar-refractivity contribution in [2.75, 3.05) is 11.4 Å². The van der Waals surface area contributed by atoms with E-state index in [-0.39, 0.29) is 5.84 Å². The fourth-order valence-corrected chi connectivity index (χ4v) is 2.03. The summed E-state index contributed by atoms with van der Waals surface area (Å²) in [7, 11) is 0. The second-order valence-electron chi connectivity index (χ2n) is 4.84. The third kappa shape index (κ3) is 4.16. The van der Waals surface area contributed by atoms with E-state index in [1.165, 1.54) is 18.5 Å². The Labute approximate surface area is 115 Å². The SMILES string of the molecule is CCCCN(c1ccc(/C(N)=N/O)cc1)C(C)CC. The van der Waals surface area contributed by atoms with Gasteiger partial charge in [-0.05, 0) is 44.0 Å². The average Bonchev–Trinajstić information content (AvgIpc) is 2.47. The Kier molecular flexibility index (Phi) is 6.19. The van der Waals surface area contributed by atoms with Gasteiger partial charge in [-0.25, -0.2) is 0 Å². The number of unbranched alkanes of at least 4 members (excludes halogenated alkanes) is 1. The zero-order valence-corrected chi connectivity index (χ0v) is 12.1. The molecule has 1 aromatic carbocycles. The van der Waals surface area contributed by atoms with Crippen molar-refractivity contribution in [2.45, 2.75) is 46.1 Å². The second-order valence-corrected chi connectivity index (χ2v) is 4.84. The number of hydrogen-bond acceptors (Lipinski definition) is 3. The summed E-state index contributed by atoms with van der Waals surface area (Å²) in [5, 5.41) is 11.7. The molecule has 0 bridgehead atoms. The van der Waals surface area contributed by atoms with Crippen molar-refractivity contribution in [1.82, 2.24) is 0 Å². The van der Waals surface area contributed by atoms with Gasteiger partial charge < -0.3 is 15.8 Å². The highest BCUT2D eigenvalue weighted by atomic mass is 16.4. The van der Waals surface area contributed by atoms with Crippen LogP contribution in [0.5, 0.6) is 0 Å². The van der Waals surface area contributed by atoms with Crippen molar-refractivity contribution >= 4 is 11.5 Å². The molecule has 0 heterocycles. The molecule has 0 saturated heterocycles. The molecular formula is C15H25N3O. The summed E-state index contributed by atoms with van der Waals surface area (Å²) >= 11 is 0. The van der Waals surface area contributed by atoms with Crippen LogP contribution >= 0.6 is 0 Å².